The van der Waals surface area contributed by atoms with Gasteiger partial charge in [0.25, 0.3) is 0 Å². The number of hydrogen-bond donors (Lipinski definition) is 2. The van der Waals surface area contributed by atoms with E-state index in [0.29, 0.717) is 11.7 Å². The van der Waals surface area contributed by atoms with Crippen LogP contribution in [0.2, 0.25) is 0 Å². The summed E-state index contributed by atoms with van der Waals surface area (Å²) in [4.78, 5) is 15.2. The second-order valence-corrected chi connectivity index (χ2v) is 3.45. The lowest BCUT2D eigenvalue weighted by atomic mass is 10.5. The standard InChI is InChI=1S/C8H9N5O/c14-8-12-11-7-3-6(9-4-13(7)8)10-5-1-2-5/h3-5,10H,1-2H2,(H,12,14). The first kappa shape index (κ1) is 7.54. The lowest BCUT2D eigenvalue weighted by Gasteiger charge is -2.01. The van der Waals surface area contributed by atoms with Crippen molar-refractivity contribution in [3.8, 4) is 0 Å². The van der Waals surface area contributed by atoms with Crippen LogP contribution in [0, 0.1) is 0 Å². The fraction of sp³-hybridized carbons (Fsp3) is 0.375. The first-order chi connectivity index (χ1) is 6.83. The van der Waals surface area contributed by atoms with Crippen molar-refractivity contribution in [2.24, 2.45) is 0 Å². The topological polar surface area (TPSA) is 75.1 Å². The highest BCUT2D eigenvalue weighted by molar-refractivity contribution is 5.49. The number of aromatic nitrogens is 4. The predicted molar refractivity (Wildman–Crippen MR) is 50.3 cm³/mol. The Bertz CT molecular complexity index is 524. The minimum atomic E-state index is -0.259. The van der Waals surface area contributed by atoms with Crippen molar-refractivity contribution in [2.45, 2.75) is 18.9 Å². The van der Waals surface area contributed by atoms with Crippen molar-refractivity contribution in [1.82, 2.24) is 19.6 Å². The van der Waals surface area contributed by atoms with Gasteiger partial charge in [-0.15, -0.1) is 0 Å². The number of nitrogens with zero attached hydrogens (tertiary/aromatic N) is 3. The molecule has 0 atom stereocenters. The Labute approximate surface area is 79.0 Å². The number of H-pyrrole nitrogens is 1. The predicted octanol–water partition coefficient (Wildman–Crippen LogP) is -0.00810. The highest BCUT2D eigenvalue weighted by atomic mass is 16.1. The zero-order valence-electron chi connectivity index (χ0n) is 7.40. The third-order valence-corrected chi connectivity index (χ3v) is 2.24. The molecule has 2 aromatic heterocycles. The molecule has 1 fully saturated rings. The Balaban J connectivity index is 2.05. The molecule has 2 heterocycles. The molecule has 0 saturated heterocycles. The summed E-state index contributed by atoms with van der Waals surface area (Å²) in [7, 11) is 0. The second kappa shape index (κ2) is 2.57. The molecule has 2 aromatic rings. The van der Waals surface area contributed by atoms with Crippen LogP contribution >= 0.6 is 0 Å². The third-order valence-electron chi connectivity index (χ3n) is 2.24. The summed E-state index contributed by atoms with van der Waals surface area (Å²) in [5.74, 6) is 0.777. The van der Waals surface area contributed by atoms with E-state index < -0.39 is 0 Å². The van der Waals surface area contributed by atoms with Gasteiger partial charge in [0.05, 0.1) is 0 Å². The molecule has 1 aliphatic rings. The highest BCUT2D eigenvalue weighted by Gasteiger charge is 2.21. The minimum absolute atomic E-state index is 0.259. The van der Waals surface area contributed by atoms with Gasteiger partial charge in [0.1, 0.15) is 12.1 Å². The lowest BCUT2D eigenvalue weighted by molar-refractivity contribution is 0.990. The smallest absolute Gasteiger partial charge is 0.348 e. The second-order valence-electron chi connectivity index (χ2n) is 3.45. The minimum Gasteiger partial charge on any atom is -0.367 e. The molecule has 0 unspecified atom stereocenters. The van der Waals surface area contributed by atoms with Crippen molar-refractivity contribution < 1.29 is 0 Å². The first-order valence-corrected chi connectivity index (χ1v) is 4.52. The largest absolute Gasteiger partial charge is 0.367 e. The summed E-state index contributed by atoms with van der Waals surface area (Å²) in [6.07, 6.45) is 3.87. The van der Waals surface area contributed by atoms with Gasteiger partial charge in [-0.2, -0.15) is 5.10 Å². The van der Waals surface area contributed by atoms with E-state index in [0.717, 1.165) is 5.82 Å². The van der Waals surface area contributed by atoms with Crippen molar-refractivity contribution >= 4 is 11.5 Å². The van der Waals surface area contributed by atoms with E-state index in [4.69, 9.17) is 0 Å². The molecule has 6 heteroatoms. The number of rotatable bonds is 2. The van der Waals surface area contributed by atoms with Crippen LogP contribution in [0.5, 0.6) is 0 Å². The van der Waals surface area contributed by atoms with Crippen LogP contribution in [0.15, 0.2) is 17.2 Å². The van der Waals surface area contributed by atoms with Crippen molar-refractivity contribution in [2.75, 3.05) is 5.32 Å². The summed E-state index contributed by atoms with van der Waals surface area (Å²) in [5.41, 5.74) is 0.332. The summed E-state index contributed by atoms with van der Waals surface area (Å²) < 4.78 is 1.37. The van der Waals surface area contributed by atoms with Crippen LogP contribution in [0.3, 0.4) is 0 Å². The van der Waals surface area contributed by atoms with E-state index >= 15 is 0 Å². The van der Waals surface area contributed by atoms with Crippen molar-refractivity contribution in [1.29, 1.82) is 0 Å². The monoisotopic (exact) mass is 191 g/mol. The molecular formula is C8H9N5O. The fourth-order valence-corrected chi connectivity index (χ4v) is 1.33. The average Bonchev–Trinajstić information content (AvgIpc) is 2.92. The zero-order chi connectivity index (χ0) is 9.54. The Morgan fingerprint density at radius 3 is 3.21 bits per heavy atom. The summed E-state index contributed by atoms with van der Waals surface area (Å²) >= 11 is 0. The number of fused-ring (bicyclic) bond motifs is 1. The van der Waals surface area contributed by atoms with E-state index in [9.17, 15) is 4.79 Å². The molecular weight excluding hydrogens is 182 g/mol. The Hall–Kier alpha value is -1.85. The number of nitrogens with one attached hydrogen (secondary N) is 2. The molecule has 0 amide bonds. The first-order valence-electron chi connectivity index (χ1n) is 4.52. The fourth-order valence-electron chi connectivity index (χ4n) is 1.33. The average molecular weight is 191 g/mol. The normalized spacial score (nSPS) is 16.0. The van der Waals surface area contributed by atoms with E-state index in [2.05, 4.69) is 20.5 Å². The van der Waals surface area contributed by atoms with E-state index in [1.165, 1.54) is 23.6 Å². The van der Waals surface area contributed by atoms with Gasteiger partial charge < -0.3 is 5.32 Å². The molecule has 2 N–H and O–H groups in total. The van der Waals surface area contributed by atoms with Gasteiger partial charge in [-0.25, -0.2) is 19.3 Å². The number of aromatic amines is 1. The summed E-state index contributed by atoms with van der Waals surface area (Å²) in [6, 6.07) is 2.31. The van der Waals surface area contributed by atoms with E-state index in [1.54, 1.807) is 6.07 Å². The van der Waals surface area contributed by atoms with E-state index in [-0.39, 0.29) is 5.69 Å². The number of anilines is 1. The Morgan fingerprint density at radius 1 is 1.57 bits per heavy atom. The SMILES string of the molecule is O=c1[nH]nc2cc(NC3CC3)ncn12. The van der Waals surface area contributed by atoms with Crippen molar-refractivity contribution in [3.05, 3.63) is 22.9 Å². The molecule has 1 aliphatic carbocycles. The van der Waals surface area contributed by atoms with Gasteiger partial charge in [0, 0.05) is 12.1 Å². The molecule has 0 radical (unpaired) electrons. The van der Waals surface area contributed by atoms with Crippen molar-refractivity contribution in [3.63, 3.8) is 0 Å². The lowest BCUT2D eigenvalue weighted by Crippen LogP contribution is -2.10. The van der Waals surface area contributed by atoms with Crippen LogP contribution in [-0.2, 0) is 0 Å². The maximum Gasteiger partial charge on any atom is 0.348 e. The van der Waals surface area contributed by atoms with Crippen LogP contribution in [-0.4, -0.2) is 25.6 Å². The maximum absolute atomic E-state index is 11.1. The van der Waals surface area contributed by atoms with Crippen LogP contribution in [0.25, 0.3) is 5.65 Å². The molecule has 0 spiro atoms. The van der Waals surface area contributed by atoms with Gasteiger partial charge in [-0.3, -0.25) is 0 Å². The molecule has 6 nitrogen and oxygen atoms in total. The van der Waals surface area contributed by atoms with Crippen LogP contribution in [0.4, 0.5) is 5.82 Å². The molecule has 1 saturated carbocycles. The molecule has 0 aliphatic heterocycles. The Kier molecular flexibility index (Phi) is 1.38. The van der Waals surface area contributed by atoms with E-state index in [1.807, 2.05) is 0 Å². The third kappa shape index (κ3) is 1.15. The van der Waals surface area contributed by atoms with Crippen LogP contribution < -0.4 is 11.0 Å². The van der Waals surface area contributed by atoms with Gasteiger partial charge in [0.2, 0.25) is 0 Å². The Morgan fingerprint density at radius 2 is 2.43 bits per heavy atom. The molecule has 14 heavy (non-hydrogen) atoms. The van der Waals surface area contributed by atoms with Crippen LogP contribution in [0.1, 0.15) is 12.8 Å². The highest BCUT2D eigenvalue weighted by Crippen LogP contribution is 2.23. The number of hydrogen-bond acceptors (Lipinski definition) is 4. The van der Waals surface area contributed by atoms with Gasteiger partial charge in [0.15, 0.2) is 5.65 Å². The zero-order valence-corrected chi connectivity index (χ0v) is 7.40. The molecule has 0 bridgehead atoms. The van der Waals surface area contributed by atoms with Gasteiger partial charge in [-0.1, -0.05) is 0 Å². The summed E-state index contributed by atoms with van der Waals surface area (Å²) in [6.45, 7) is 0. The summed E-state index contributed by atoms with van der Waals surface area (Å²) in [5, 5.41) is 9.45. The van der Waals surface area contributed by atoms with Gasteiger partial charge >= 0.3 is 5.69 Å². The molecule has 3 rings (SSSR count). The quantitative estimate of drug-likeness (QED) is 0.700. The maximum atomic E-state index is 11.1. The molecule has 0 aromatic carbocycles. The molecule has 72 valence electrons. The van der Waals surface area contributed by atoms with Gasteiger partial charge in [-0.05, 0) is 12.8 Å².